The highest BCUT2D eigenvalue weighted by molar-refractivity contribution is 7.13. The molecule has 0 radical (unpaired) electrons. The van der Waals surface area contributed by atoms with Crippen molar-refractivity contribution in [2.45, 2.75) is 98.1 Å². The molecule has 2 fully saturated rings. The van der Waals surface area contributed by atoms with Gasteiger partial charge in [-0.2, -0.15) is 0 Å². The van der Waals surface area contributed by atoms with Gasteiger partial charge in [0.05, 0.1) is 22.2 Å². The number of halogens is 1. The van der Waals surface area contributed by atoms with E-state index < -0.39 is 52.4 Å². The zero-order valence-electron chi connectivity index (χ0n) is 26.5. The first-order chi connectivity index (χ1) is 20.4. The summed E-state index contributed by atoms with van der Waals surface area (Å²) in [4.78, 5) is 58.9. The number of carbonyl (C=O) groups is 4. The molecule has 1 aliphatic heterocycles. The number of amides is 3. The van der Waals surface area contributed by atoms with Crippen LogP contribution in [0, 0.1) is 17.8 Å². The molecule has 1 saturated carbocycles. The fourth-order valence-corrected chi connectivity index (χ4v) is 5.74. The Morgan fingerprint density at radius 1 is 1.18 bits per heavy atom. The Kier molecular flexibility index (Phi) is 9.56. The predicted octanol–water partition coefficient (Wildman–Crippen LogP) is 3.72. The fourth-order valence-electron chi connectivity index (χ4n) is 4.93. The van der Waals surface area contributed by atoms with Gasteiger partial charge in [-0.25, -0.2) is 9.37 Å². The van der Waals surface area contributed by atoms with Crippen LogP contribution >= 0.6 is 11.3 Å². The monoisotopic (exact) mass is 630 g/mol. The number of ketones is 1. The molecule has 1 aromatic carbocycles. The van der Waals surface area contributed by atoms with Crippen LogP contribution in [-0.2, 0) is 25.7 Å². The third-order valence-corrected chi connectivity index (χ3v) is 9.05. The third-order valence-electron chi connectivity index (χ3n) is 8.07. The van der Waals surface area contributed by atoms with Crippen LogP contribution in [-0.4, -0.2) is 75.5 Å². The minimum atomic E-state index is -1.96. The van der Waals surface area contributed by atoms with Gasteiger partial charge >= 0.3 is 0 Å². The summed E-state index contributed by atoms with van der Waals surface area (Å²) in [6.07, 6.45) is -0.704. The molecule has 1 saturated heterocycles. The number of aryl methyl sites for hydroxylation is 1. The van der Waals surface area contributed by atoms with E-state index in [1.54, 1.807) is 26.3 Å². The van der Waals surface area contributed by atoms with Gasteiger partial charge < -0.3 is 25.4 Å². The number of aliphatic hydroxyl groups is 1. The maximum absolute atomic E-state index is 14.5. The summed E-state index contributed by atoms with van der Waals surface area (Å²) in [5.74, 6) is -1.52. The number of Topliss-reactive ketones (excluding diaryl/α,β-unsaturated/α-hetero) is 1. The Labute approximate surface area is 261 Å². The molecule has 2 heterocycles. The standard InChI is InChI=1S/C32H43FN4O6S/c1-18-25(44-17-35-18)19-8-9-20(23(12-19)43-16-24(39)30(2,3)4)14-34-27(40)22-13-21(38)15-37(22)28(41)26(31(5,6)7)36-29(42)32(33)10-11-32/h8-9,12,17,21-22,26,38H,10-11,13-16H2,1-7H3,(H,34,40)(H,36,42)/t21-,22+,26-/m1/s1. The van der Waals surface area contributed by atoms with E-state index in [4.69, 9.17) is 4.74 Å². The van der Waals surface area contributed by atoms with Crippen molar-refractivity contribution in [1.29, 1.82) is 0 Å². The van der Waals surface area contributed by atoms with Gasteiger partial charge in [0.2, 0.25) is 11.8 Å². The number of benzene rings is 1. The van der Waals surface area contributed by atoms with Crippen molar-refractivity contribution in [1.82, 2.24) is 20.5 Å². The van der Waals surface area contributed by atoms with Crippen LogP contribution in [0.1, 0.15) is 72.1 Å². The van der Waals surface area contributed by atoms with E-state index in [1.807, 2.05) is 45.9 Å². The molecule has 0 spiro atoms. The SMILES string of the molecule is Cc1ncsc1-c1ccc(CNC(=O)[C@@H]2C[C@@H](O)CN2C(=O)[C@@H](NC(=O)C2(F)CC2)C(C)(C)C)c(OCC(=O)C(C)(C)C)c1. The predicted molar refractivity (Wildman–Crippen MR) is 165 cm³/mol. The molecule has 3 atom stereocenters. The zero-order valence-corrected chi connectivity index (χ0v) is 27.3. The number of thiazole rings is 1. The average Bonchev–Trinajstić information content (AvgIpc) is 3.35. The molecule has 2 aromatic rings. The van der Waals surface area contributed by atoms with Crippen molar-refractivity contribution in [3.63, 3.8) is 0 Å². The quantitative estimate of drug-likeness (QED) is 0.364. The van der Waals surface area contributed by atoms with Crippen LogP contribution in [0.15, 0.2) is 23.7 Å². The number of nitrogens with one attached hydrogen (secondary N) is 2. The van der Waals surface area contributed by atoms with Gasteiger partial charge in [0.1, 0.15) is 24.4 Å². The second-order valence-corrected chi connectivity index (χ2v) is 14.8. The zero-order chi connectivity index (χ0) is 32.6. The Bertz CT molecular complexity index is 1420. The number of rotatable bonds is 10. The number of alkyl halides is 1. The topological polar surface area (TPSA) is 138 Å². The molecule has 12 heteroatoms. The van der Waals surface area contributed by atoms with Crippen LogP contribution < -0.4 is 15.4 Å². The number of hydrogen-bond donors (Lipinski definition) is 3. The highest BCUT2D eigenvalue weighted by atomic mass is 32.1. The molecule has 4 rings (SSSR count). The molecule has 240 valence electrons. The van der Waals surface area contributed by atoms with Gasteiger partial charge in [0, 0.05) is 30.5 Å². The van der Waals surface area contributed by atoms with Crippen LogP contribution in [0.4, 0.5) is 4.39 Å². The number of aliphatic hydroxyl groups excluding tert-OH is 1. The number of nitrogens with zero attached hydrogens (tertiary/aromatic N) is 2. The number of ether oxygens (including phenoxy) is 1. The Hall–Kier alpha value is -3.38. The van der Waals surface area contributed by atoms with Crippen molar-refractivity contribution in [3.05, 3.63) is 35.0 Å². The summed E-state index contributed by atoms with van der Waals surface area (Å²) in [5.41, 5.74) is 0.778. The molecule has 3 amide bonds. The number of β-amino-alcohol motifs (C(OH)–C–C–N with tert-alkyl or cyclic N) is 1. The minimum absolute atomic E-state index is 0.0163. The molecule has 3 N–H and O–H groups in total. The largest absolute Gasteiger partial charge is 0.485 e. The van der Waals surface area contributed by atoms with Crippen LogP contribution in [0.25, 0.3) is 10.4 Å². The number of hydrogen-bond acceptors (Lipinski definition) is 8. The molecule has 44 heavy (non-hydrogen) atoms. The second kappa shape index (κ2) is 12.5. The minimum Gasteiger partial charge on any atom is -0.485 e. The average molecular weight is 631 g/mol. The smallest absolute Gasteiger partial charge is 0.258 e. The van der Waals surface area contributed by atoms with E-state index in [9.17, 15) is 28.7 Å². The van der Waals surface area contributed by atoms with Gasteiger partial charge in [-0.1, -0.05) is 53.7 Å². The normalized spacial score (nSPS) is 20.2. The molecule has 1 aliphatic carbocycles. The lowest BCUT2D eigenvalue weighted by Gasteiger charge is -2.35. The van der Waals surface area contributed by atoms with Gasteiger partial charge in [-0.3, -0.25) is 19.2 Å². The van der Waals surface area contributed by atoms with Crippen LogP contribution in [0.2, 0.25) is 0 Å². The van der Waals surface area contributed by atoms with E-state index in [0.717, 1.165) is 16.1 Å². The highest BCUT2D eigenvalue weighted by Gasteiger charge is 2.53. The van der Waals surface area contributed by atoms with Crippen molar-refractivity contribution in [2.75, 3.05) is 13.2 Å². The summed E-state index contributed by atoms with van der Waals surface area (Å²) in [5, 5.41) is 15.9. The Balaban J connectivity index is 1.51. The Morgan fingerprint density at radius 3 is 2.43 bits per heavy atom. The lowest BCUT2D eigenvalue weighted by atomic mass is 9.85. The fraction of sp³-hybridized carbons (Fsp3) is 0.594. The maximum atomic E-state index is 14.5. The van der Waals surface area contributed by atoms with Crippen molar-refractivity contribution >= 4 is 34.8 Å². The molecule has 2 aliphatic rings. The molecule has 10 nitrogen and oxygen atoms in total. The van der Waals surface area contributed by atoms with Gasteiger partial charge in [0.25, 0.3) is 5.91 Å². The number of aromatic nitrogens is 1. The van der Waals surface area contributed by atoms with E-state index in [2.05, 4.69) is 15.6 Å². The number of carbonyl (C=O) groups excluding carboxylic acids is 4. The summed E-state index contributed by atoms with van der Waals surface area (Å²) in [7, 11) is 0. The molecular weight excluding hydrogens is 587 g/mol. The first-order valence-corrected chi connectivity index (χ1v) is 15.7. The van der Waals surface area contributed by atoms with Crippen molar-refractivity contribution < 1.29 is 33.4 Å². The third kappa shape index (κ3) is 7.63. The van der Waals surface area contributed by atoms with E-state index in [-0.39, 0.29) is 44.7 Å². The summed E-state index contributed by atoms with van der Waals surface area (Å²) >= 11 is 1.48. The first-order valence-electron chi connectivity index (χ1n) is 14.9. The molecular formula is C32H43FN4O6S. The van der Waals surface area contributed by atoms with Gasteiger partial charge in [-0.15, -0.1) is 11.3 Å². The van der Waals surface area contributed by atoms with Crippen LogP contribution in [0.5, 0.6) is 5.75 Å². The van der Waals surface area contributed by atoms with E-state index in [0.29, 0.717) is 11.3 Å². The van der Waals surface area contributed by atoms with E-state index >= 15 is 0 Å². The van der Waals surface area contributed by atoms with Crippen molar-refractivity contribution in [2.24, 2.45) is 10.8 Å². The van der Waals surface area contributed by atoms with Gasteiger partial charge in [0.15, 0.2) is 11.5 Å². The molecule has 1 aromatic heterocycles. The molecule has 0 unspecified atom stereocenters. The summed E-state index contributed by atoms with van der Waals surface area (Å²) in [6, 6.07) is 3.44. The van der Waals surface area contributed by atoms with Crippen LogP contribution in [0.3, 0.4) is 0 Å². The number of likely N-dealkylation sites (tertiary alicyclic amines) is 1. The maximum Gasteiger partial charge on any atom is 0.258 e. The second-order valence-electron chi connectivity index (χ2n) is 13.9. The summed E-state index contributed by atoms with van der Waals surface area (Å²) in [6.45, 7) is 12.4. The summed E-state index contributed by atoms with van der Waals surface area (Å²) < 4.78 is 20.4. The van der Waals surface area contributed by atoms with Gasteiger partial charge in [-0.05, 0) is 36.8 Å². The molecule has 0 bridgehead atoms. The first kappa shape index (κ1) is 33.5. The lowest BCUT2D eigenvalue weighted by Crippen LogP contribution is -2.59. The lowest BCUT2D eigenvalue weighted by molar-refractivity contribution is -0.145. The Morgan fingerprint density at radius 2 is 1.86 bits per heavy atom. The highest BCUT2D eigenvalue weighted by Crippen LogP contribution is 2.40. The van der Waals surface area contributed by atoms with E-state index in [1.165, 1.54) is 16.2 Å². The van der Waals surface area contributed by atoms with Crippen molar-refractivity contribution in [3.8, 4) is 16.2 Å².